The third-order valence-electron chi connectivity index (χ3n) is 4.80. The highest BCUT2D eigenvalue weighted by molar-refractivity contribution is 14.0. The zero-order valence-corrected chi connectivity index (χ0v) is 21.1. The van der Waals surface area contributed by atoms with Crippen LogP contribution in [0.5, 0.6) is 0 Å². The van der Waals surface area contributed by atoms with E-state index < -0.39 is 0 Å². The summed E-state index contributed by atoms with van der Waals surface area (Å²) in [7, 11) is 4.13. The maximum atomic E-state index is 5.91. The van der Waals surface area contributed by atoms with Crippen molar-refractivity contribution in [1.29, 1.82) is 0 Å². The lowest BCUT2D eigenvalue weighted by atomic mass is 10.1. The molecule has 1 fully saturated rings. The van der Waals surface area contributed by atoms with Crippen LogP contribution in [0.15, 0.2) is 29.3 Å². The highest BCUT2D eigenvalue weighted by Crippen LogP contribution is 2.12. The molecule has 1 unspecified atom stereocenters. The van der Waals surface area contributed by atoms with Gasteiger partial charge in [0.05, 0.1) is 19.3 Å². The van der Waals surface area contributed by atoms with Gasteiger partial charge in [0.15, 0.2) is 5.96 Å². The minimum atomic E-state index is 0. The van der Waals surface area contributed by atoms with Crippen LogP contribution in [-0.2, 0) is 11.2 Å². The van der Waals surface area contributed by atoms with Crippen molar-refractivity contribution in [1.82, 2.24) is 15.5 Å². The van der Waals surface area contributed by atoms with E-state index in [2.05, 4.69) is 79.6 Å². The molecule has 6 nitrogen and oxygen atoms in total. The summed E-state index contributed by atoms with van der Waals surface area (Å²) in [5.41, 5.74) is 2.56. The molecule has 7 heteroatoms. The standard InChI is InChI=1S/C22H39N5O.HI/c1-6-23-22(24-12-11-19-7-9-20(10-8-19)26(4)5)25-15-21-17-27(13-14-28-21)16-18(2)3;/h7-10,18,21H,6,11-17H2,1-5H3,(H2,23,24,25);1H. The van der Waals surface area contributed by atoms with Crippen LogP contribution in [0.25, 0.3) is 0 Å². The van der Waals surface area contributed by atoms with Crippen molar-refractivity contribution in [2.45, 2.75) is 33.3 Å². The number of aliphatic imine (C=N–C) groups is 1. The molecule has 1 heterocycles. The predicted octanol–water partition coefficient (Wildman–Crippen LogP) is 2.83. The van der Waals surface area contributed by atoms with Gasteiger partial charge in [-0.25, -0.2) is 0 Å². The zero-order valence-electron chi connectivity index (χ0n) is 18.8. The van der Waals surface area contributed by atoms with Crippen LogP contribution >= 0.6 is 24.0 Å². The first-order valence-corrected chi connectivity index (χ1v) is 10.6. The Kier molecular flexibility index (Phi) is 12.6. The summed E-state index contributed by atoms with van der Waals surface area (Å²) < 4.78 is 5.91. The molecule has 0 saturated carbocycles. The Morgan fingerprint density at radius 2 is 1.97 bits per heavy atom. The van der Waals surface area contributed by atoms with Crippen molar-refractivity contribution in [3.05, 3.63) is 29.8 Å². The van der Waals surface area contributed by atoms with E-state index in [-0.39, 0.29) is 30.1 Å². The first-order valence-electron chi connectivity index (χ1n) is 10.6. The Bertz CT molecular complexity index is 591. The number of benzene rings is 1. The molecule has 2 N–H and O–H groups in total. The first kappa shape index (κ1) is 26.0. The van der Waals surface area contributed by atoms with E-state index in [9.17, 15) is 0 Å². The van der Waals surface area contributed by atoms with Gasteiger partial charge in [0.2, 0.25) is 0 Å². The number of nitrogens with one attached hydrogen (secondary N) is 2. The summed E-state index contributed by atoms with van der Waals surface area (Å²) >= 11 is 0. The molecule has 0 amide bonds. The van der Waals surface area contributed by atoms with E-state index in [4.69, 9.17) is 9.73 Å². The van der Waals surface area contributed by atoms with Crippen molar-refractivity contribution in [3.63, 3.8) is 0 Å². The van der Waals surface area contributed by atoms with E-state index in [0.717, 1.165) is 51.7 Å². The van der Waals surface area contributed by atoms with Gasteiger partial charge in [-0.05, 0) is 37.0 Å². The third-order valence-corrected chi connectivity index (χ3v) is 4.80. The molecular formula is C22H40IN5O. The van der Waals surface area contributed by atoms with Crippen LogP contribution in [0.1, 0.15) is 26.3 Å². The van der Waals surface area contributed by atoms with E-state index in [0.29, 0.717) is 12.5 Å². The minimum Gasteiger partial charge on any atom is -0.378 e. The van der Waals surface area contributed by atoms with Crippen LogP contribution in [0, 0.1) is 5.92 Å². The predicted molar refractivity (Wildman–Crippen MR) is 135 cm³/mol. The maximum absolute atomic E-state index is 5.91. The molecule has 0 spiro atoms. The van der Waals surface area contributed by atoms with E-state index in [1.54, 1.807) is 0 Å². The molecule has 29 heavy (non-hydrogen) atoms. The monoisotopic (exact) mass is 517 g/mol. The van der Waals surface area contributed by atoms with Gasteiger partial charge >= 0.3 is 0 Å². The second-order valence-electron chi connectivity index (χ2n) is 8.10. The highest BCUT2D eigenvalue weighted by Gasteiger charge is 2.20. The van der Waals surface area contributed by atoms with Crippen molar-refractivity contribution >= 4 is 35.6 Å². The Labute approximate surface area is 194 Å². The number of hydrogen-bond donors (Lipinski definition) is 2. The molecule has 0 radical (unpaired) electrons. The first-order chi connectivity index (χ1) is 13.5. The van der Waals surface area contributed by atoms with Gasteiger partial charge in [-0.2, -0.15) is 0 Å². The molecule has 2 rings (SSSR count). The molecule has 0 bridgehead atoms. The summed E-state index contributed by atoms with van der Waals surface area (Å²) in [5.74, 6) is 1.56. The van der Waals surface area contributed by atoms with Gasteiger partial charge in [-0.3, -0.25) is 9.89 Å². The van der Waals surface area contributed by atoms with E-state index >= 15 is 0 Å². The molecule has 166 valence electrons. The molecule has 1 aliphatic heterocycles. The van der Waals surface area contributed by atoms with Crippen LogP contribution in [0.2, 0.25) is 0 Å². The number of anilines is 1. The fourth-order valence-corrected chi connectivity index (χ4v) is 3.39. The molecule has 0 aromatic heterocycles. The van der Waals surface area contributed by atoms with E-state index in [1.165, 1.54) is 11.3 Å². The largest absolute Gasteiger partial charge is 0.378 e. The van der Waals surface area contributed by atoms with Crippen molar-refractivity contribution in [2.75, 3.05) is 64.9 Å². The molecule has 1 aromatic carbocycles. The molecular weight excluding hydrogens is 477 g/mol. The average molecular weight is 518 g/mol. The van der Waals surface area contributed by atoms with Gasteiger partial charge < -0.3 is 20.3 Å². The Morgan fingerprint density at radius 1 is 1.24 bits per heavy atom. The molecule has 1 atom stereocenters. The number of nitrogens with zero attached hydrogens (tertiary/aromatic N) is 3. The molecule has 1 aliphatic rings. The topological polar surface area (TPSA) is 52.1 Å². The Balaban J connectivity index is 0.00000420. The summed E-state index contributed by atoms with van der Waals surface area (Å²) in [6.07, 6.45) is 1.15. The van der Waals surface area contributed by atoms with Crippen LogP contribution in [-0.4, -0.2) is 76.9 Å². The van der Waals surface area contributed by atoms with E-state index in [1.807, 2.05) is 0 Å². The normalized spacial score (nSPS) is 17.7. The van der Waals surface area contributed by atoms with Gasteiger partial charge in [0.1, 0.15) is 0 Å². The highest BCUT2D eigenvalue weighted by atomic mass is 127. The molecule has 1 saturated heterocycles. The molecule has 1 aromatic rings. The third kappa shape index (κ3) is 10.00. The smallest absolute Gasteiger partial charge is 0.191 e. The summed E-state index contributed by atoms with van der Waals surface area (Å²) in [6, 6.07) is 8.72. The van der Waals surface area contributed by atoms with Gasteiger partial charge in [0, 0.05) is 52.5 Å². The lowest BCUT2D eigenvalue weighted by Gasteiger charge is -2.33. The van der Waals surface area contributed by atoms with Gasteiger partial charge in [-0.15, -0.1) is 24.0 Å². The minimum absolute atomic E-state index is 0. The summed E-state index contributed by atoms with van der Waals surface area (Å²) in [4.78, 5) is 9.37. The number of halogens is 1. The second-order valence-corrected chi connectivity index (χ2v) is 8.10. The Hall–Kier alpha value is -1.06. The fourth-order valence-electron chi connectivity index (χ4n) is 3.39. The fraction of sp³-hybridized carbons (Fsp3) is 0.682. The summed E-state index contributed by atoms with van der Waals surface area (Å²) in [6.45, 7) is 13.0. The van der Waals surface area contributed by atoms with Crippen molar-refractivity contribution in [2.24, 2.45) is 10.9 Å². The zero-order chi connectivity index (χ0) is 20.4. The van der Waals surface area contributed by atoms with Crippen LogP contribution in [0.3, 0.4) is 0 Å². The lowest BCUT2D eigenvalue weighted by Crippen LogP contribution is -2.46. The van der Waals surface area contributed by atoms with Gasteiger partial charge in [-0.1, -0.05) is 26.0 Å². The Morgan fingerprint density at radius 3 is 2.59 bits per heavy atom. The van der Waals surface area contributed by atoms with Gasteiger partial charge in [0.25, 0.3) is 0 Å². The number of rotatable bonds is 9. The SMILES string of the molecule is CCNC(=NCC1CN(CC(C)C)CCO1)NCCc1ccc(N(C)C)cc1.I. The quantitative estimate of drug-likeness (QED) is 0.300. The number of guanidine groups is 1. The van der Waals surface area contributed by atoms with Crippen LogP contribution in [0.4, 0.5) is 5.69 Å². The van der Waals surface area contributed by atoms with Crippen molar-refractivity contribution < 1.29 is 4.74 Å². The average Bonchev–Trinajstić information content (AvgIpc) is 2.66. The second kappa shape index (κ2) is 14.0. The lowest BCUT2D eigenvalue weighted by molar-refractivity contribution is -0.0261. The van der Waals surface area contributed by atoms with Crippen LogP contribution < -0.4 is 15.5 Å². The molecule has 0 aliphatic carbocycles. The number of morpholine rings is 1. The summed E-state index contributed by atoms with van der Waals surface area (Å²) in [5, 5.41) is 6.79. The maximum Gasteiger partial charge on any atom is 0.191 e. The number of hydrogen-bond acceptors (Lipinski definition) is 4. The van der Waals surface area contributed by atoms with Crippen molar-refractivity contribution in [3.8, 4) is 0 Å². The number of ether oxygens (including phenoxy) is 1.